The minimum absolute atomic E-state index is 0.0527. The summed E-state index contributed by atoms with van der Waals surface area (Å²) in [6.45, 7) is 1.88. The zero-order valence-corrected chi connectivity index (χ0v) is 13.7. The van der Waals surface area contributed by atoms with E-state index in [-0.39, 0.29) is 5.57 Å². The Morgan fingerprint density at radius 1 is 1.29 bits per heavy atom. The molecule has 0 saturated heterocycles. The number of methoxy groups -OCH3 is 2. The van der Waals surface area contributed by atoms with Crippen LogP contribution in [-0.2, 0) is 4.79 Å². The molecule has 0 radical (unpaired) electrons. The Kier molecular flexibility index (Phi) is 5.53. The average Bonchev–Trinajstić information content (AvgIpc) is 2.60. The highest BCUT2D eigenvalue weighted by atomic mass is 16.5. The molecule has 0 aliphatic carbocycles. The van der Waals surface area contributed by atoms with Crippen LogP contribution in [0.1, 0.15) is 11.1 Å². The molecule has 1 amide bonds. The fourth-order valence-corrected chi connectivity index (χ4v) is 2.13. The Morgan fingerprint density at radius 2 is 2.04 bits per heavy atom. The maximum absolute atomic E-state index is 12.3. The van der Waals surface area contributed by atoms with Gasteiger partial charge in [-0.15, -0.1) is 0 Å². The smallest absolute Gasteiger partial charge is 0.266 e. The number of benzene rings is 1. The zero-order chi connectivity index (χ0) is 17.5. The number of carbonyl (C=O) groups excluding carboxylic acids is 1. The summed E-state index contributed by atoms with van der Waals surface area (Å²) in [5, 5.41) is 11.9. The van der Waals surface area contributed by atoms with Gasteiger partial charge in [-0.05, 0) is 42.8 Å². The fourth-order valence-electron chi connectivity index (χ4n) is 2.13. The first kappa shape index (κ1) is 17.0. The van der Waals surface area contributed by atoms with E-state index in [2.05, 4.69) is 10.3 Å². The molecule has 0 aliphatic rings. The van der Waals surface area contributed by atoms with E-state index in [4.69, 9.17) is 9.47 Å². The summed E-state index contributed by atoms with van der Waals surface area (Å²) < 4.78 is 10.6. The molecule has 0 unspecified atom stereocenters. The highest BCUT2D eigenvalue weighted by Crippen LogP contribution is 2.30. The van der Waals surface area contributed by atoms with E-state index in [0.29, 0.717) is 22.7 Å². The second-order valence-electron chi connectivity index (χ2n) is 4.93. The number of hydrogen-bond acceptors (Lipinski definition) is 5. The molecule has 1 aromatic carbocycles. The lowest BCUT2D eigenvalue weighted by Gasteiger charge is -2.11. The van der Waals surface area contributed by atoms with Crippen molar-refractivity contribution in [3.8, 4) is 17.6 Å². The van der Waals surface area contributed by atoms with Crippen LogP contribution in [0.4, 0.5) is 5.69 Å². The maximum atomic E-state index is 12.3. The van der Waals surface area contributed by atoms with Crippen LogP contribution in [0.25, 0.3) is 6.08 Å². The monoisotopic (exact) mass is 323 g/mol. The molecular weight excluding hydrogens is 306 g/mol. The van der Waals surface area contributed by atoms with Crippen molar-refractivity contribution in [2.45, 2.75) is 6.92 Å². The lowest BCUT2D eigenvalue weighted by atomic mass is 10.1. The molecule has 6 heteroatoms. The van der Waals surface area contributed by atoms with Gasteiger partial charge >= 0.3 is 0 Å². The summed E-state index contributed by atoms with van der Waals surface area (Å²) in [5.74, 6) is 0.675. The number of aromatic nitrogens is 1. The molecule has 0 fully saturated rings. The third-order valence-electron chi connectivity index (χ3n) is 3.33. The van der Waals surface area contributed by atoms with Gasteiger partial charge in [0.25, 0.3) is 5.91 Å². The predicted octanol–water partition coefficient (Wildman–Crippen LogP) is 2.95. The molecule has 0 aliphatic heterocycles. The lowest BCUT2D eigenvalue weighted by Crippen LogP contribution is -2.13. The van der Waals surface area contributed by atoms with Crippen molar-refractivity contribution in [1.29, 1.82) is 5.26 Å². The first-order valence-electron chi connectivity index (χ1n) is 7.14. The number of aryl methyl sites for hydroxylation is 1. The number of carbonyl (C=O) groups is 1. The van der Waals surface area contributed by atoms with Gasteiger partial charge in [0.1, 0.15) is 23.1 Å². The number of anilines is 1. The third-order valence-corrected chi connectivity index (χ3v) is 3.33. The van der Waals surface area contributed by atoms with E-state index < -0.39 is 5.91 Å². The van der Waals surface area contributed by atoms with Gasteiger partial charge in [0.05, 0.1) is 26.1 Å². The van der Waals surface area contributed by atoms with Crippen LogP contribution in [0.2, 0.25) is 0 Å². The van der Waals surface area contributed by atoms with Gasteiger partial charge < -0.3 is 14.8 Å². The SMILES string of the molecule is COc1cc(/C=C(\C#N)C(=O)Nc2cccnc2)c(OC)cc1C. The van der Waals surface area contributed by atoms with Crippen LogP contribution < -0.4 is 14.8 Å². The second kappa shape index (κ2) is 7.79. The number of nitriles is 1. The van der Waals surface area contributed by atoms with Gasteiger partial charge in [0.2, 0.25) is 0 Å². The van der Waals surface area contributed by atoms with E-state index in [1.165, 1.54) is 19.4 Å². The third kappa shape index (κ3) is 3.90. The quantitative estimate of drug-likeness (QED) is 0.675. The molecular formula is C18H17N3O3. The summed E-state index contributed by atoms with van der Waals surface area (Å²) in [4.78, 5) is 16.2. The topological polar surface area (TPSA) is 84.2 Å². The Hall–Kier alpha value is -3.33. The standard InChI is InChI=1S/C18H17N3O3/c1-12-7-17(24-3)13(9-16(12)23-2)8-14(10-19)18(22)21-15-5-4-6-20-11-15/h4-9,11H,1-3H3,(H,21,22)/b14-8+. The van der Waals surface area contributed by atoms with Gasteiger partial charge in [-0.2, -0.15) is 5.26 Å². The molecule has 24 heavy (non-hydrogen) atoms. The Balaban J connectivity index is 2.36. The summed E-state index contributed by atoms with van der Waals surface area (Å²) in [6.07, 6.45) is 4.56. The number of nitrogens with zero attached hydrogens (tertiary/aromatic N) is 2. The molecule has 0 spiro atoms. The van der Waals surface area contributed by atoms with Gasteiger partial charge in [0, 0.05) is 11.8 Å². The van der Waals surface area contributed by atoms with Crippen molar-refractivity contribution in [3.05, 3.63) is 53.4 Å². The van der Waals surface area contributed by atoms with Crippen LogP contribution in [0, 0.1) is 18.3 Å². The van der Waals surface area contributed by atoms with Crippen molar-refractivity contribution in [1.82, 2.24) is 4.98 Å². The van der Waals surface area contributed by atoms with Crippen molar-refractivity contribution >= 4 is 17.7 Å². The molecule has 1 heterocycles. The minimum Gasteiger partial charge on any atom is -0.496 e. The second-order valence-corrected chi connectivity index (χ2v) is 4.93. The first-order chi connectivity index (χ1) is 11.6. The minimum atomic E-state index is -0.521. The fraction of sp³-hybridized carbons (Fsp3) is 0.167. The molecule has 0 saturated carbocycles. The molecule has 2 aromatic rings. The molecule has 1 N–H and O–H groups in total. The molecule has 0 bridgehead atoms. The Bertz CT molecular complexity index is 808. The van der Waals surface area contributed by atoms with E-state index in [0.717, 1.165) is 5.56 Å². The number of hydrogen-bond donors (Lipinski definition) is 1. The number of amides is 1. The highest BCUT2D eigenvalue weighted by Gasteiger charge is 2.13. The molecule has 6 nitrogen and oxygen atoms in total. The normalized spacial score (nSPS) is 10.7. The van der Waals surface area contributed by atoms with E-state index in [9.17, 15) is 10.1 Å². The number of ether oxygens (including phenoxy) is 2. The number of rotatable bonds is 5. The Morgan fingerprint density at radius 3 is 2.62 bits per heavy atom. The first-order valence-corrected chi connectivity index (χ1v) is 7.14. The molecule has 2 rings (SSSR count). The van der Waals surface area contributed by atoms with Crippen LogP contribution >= 0.6 is 0 Å². The summed E-state index contributed by atoms with van der Waals surface area (Å²) in [6, 6.07) is 8.81. The van der Waals surface area contributed by atoms with Crippen LogP contribution in [0.5, 0.6) is 11.5 Å². The molecule has 122 valence electrons. The number of pyridine rings is 1. The van der Waals surface area contributed by atoms with Crippen LogP contribution in [0.15, 0.2) is 42.2 Å². The average molecular weight is 323 g/mol. The highest BCUT2D eigenvalue weighted by molar-refractivity contribution is 6.09. The van der Waals surface area contributed by atoms with E-state index in [1.54, 1.807) is 37.6 Å². The molecule has 0 atom stereocenters. The van der Waals surface area contributed by atoms with Crippen LogP contribution in [0.3, 0.4) is 0 Å². The van der Waals surface area contributed by atoms with Gasteiger partial charge in [0.15, 0.2) is 0 Å². The summed E-state index contributed by atoms with van der Waals surface area (Å²) in [5.41, 5.74) is 1.93. The predicted molar refractivity (Wildman–Crippen MR) is 90.7 cm³/mol. The lowest BCUT2D eigenvalue weighted by molar-refractivity contribution is -0.112. The number of nitrogens with one attached hydrogen (secondary N) is 1. The zero-order valence-electron chi connectivity index (χ0n) is 13.7. The largest absolute Gasteiger partial charge is 0.496 e. The summed E-state index contributed by atoms with van der Waals surface area (Å²) >= 11 is 0. The van der Waals surface area contributed by atoms with Crippen molar-refractivity contribution in [3.63, 3.8) is 0 Å². The van der Waals surface area contributed by atoms with Crippen molar-refractivity contribution < 1.29 is 14.3 Å². The van der Waals surface area contributed by atoms with E-state index in [1.807, 2.05) is 13.0 Å². The van der Waals surface area contributed by atoms with Crippen molar-refractivity contribution in [2.24, 2.45) is 0 Å². The van der Waals surface area contributed by atoms with Gasteiger partial charge in [-0.25, -0.2) is 0 Å². The molecule has 1 aromatic heterocycles. The maximum Gasteiger partial charge on any atom is 0.266 e. The van der Waals surface area contributed by atoms with Crippen molar-refractivity contribution in [2.75, 3.05) is 19.5 Å². The van der Waals surface area contributed by atoms with E-state index >= 15 is 0 Å². The summed E-state index contributed by atoms with van der Waals surface area (Å²) in [7, 11) is 3.09. The van der Waals surface area contributed by atoms with Crippen LogP contribution in [-0.4, -0.2) is 25.1 Å². The van der Waals surface area contributed by atoms with Gasteiger partial charge in [-0.1, -0.05) is 0 Å². The Labute approximate surface area is 140 Å². The van der Waals surface area contributed by atoms with Gasteiger partial charge in [-0.3, -0.25) is 9.78 Å².